The average Bonchev–Trinajstić information content (AvgIpc) is 2.99. The Morgan fingerprint density at radius 2 is 1.93 bits per heavy atom. The molecule has 1 N–H and O–H groups in total. The zero-order valence-corrected chi connectivity index (χ0v) is 16.0. The molecule has 1 fully saturated rings. The first-order valence-electron chi connectivity index (χ1n) is 9.03. The van der Waals surface area contributed by atoms with Gasteiger partial charge in [-0.1, -0.05) is 0 Å². The standard InChI is InChI=1S/C19H23F3N4O2/c1-12-11-26(14(3)23-12)13(2)18(27)24-16-10-15(19(20,21)22)4-5-17(16)25-6-8-28-9-7-25/h4-5,10-11,13H,6-9H2,1-3H3,(H,24,27)/t13-/m0/s1. The van der Waals surface area contributed by atoms with Crippen molar-refractivity contribution in [3.05, 3.63) is 41.5 Å². The van der Waals surface area contributed by atoms with Gasteiger partial charge in [0.1, 0.15) is 11.9 Å². The molecular weight excluding hydrogens is 373 g/mol. The highest BCUT2D eigenvalue weighted by Gasteiger charge is 2.32. The molecular formula is C19H23F3N4O2. The number of aryl methyl sites for hydroxylation is 2. The Morgan fingerprint density at radius 1 is 1.25 bits per heavy atom. The summed E-state index contributed by atoms with van der Waals surface area (Å²) in [5, 5.41) is 2.69. The summed E-state index contributed by atoms with van der Waals surface area (Å²) in [6, 6.07) is 2.81. The summed E-state index contributed by atoms with van der Waals surface area (Å²) in [4.78, 5) is 19.0. The third-order valence-electron chi connectivity index (χ3n) is 4.77. The number of hydrogen-bond acceptors (Lipinski definition) is 4. The molecule has 28 heavy (non-hydrogen) atoms. The Kier molecular flexibility index (Phi) is 5.64. The van der Waals surface area contributed by atoms with Gasteiger partial charge in [-0.15, -0.1) is 0 Å². The van der Waals surface area contributed by atoms with E-state index in [0.717, 1.165) is 17.8 Å². The number of hydrogen-bond donors (Lipinski definition) is 1. The molecule has 3 rings (SSSR count). The van der Waals surface area contributed by atoms with Crippen molar-refractivity contribution >= 4 is 17.3 Å². The van der Waals surface area contributed by atoms with Gasteiger partial charge in [0.25, 0.3) is 0 Å². The van der Waals surface area contributed by atoms with Gasteiger partial charge in [-0.2, -0.15) is 13.2 Å². The van der Waals surface area contributed by atoms with Crippen LogP contribution in [-0.2, 0) is 15.7 Å². The van der Waals surface area contributed by atoms with Crippen LogP contribution in [0.15, 0.2) is 24.4 Å². The van der Waals surface area contributed by atoms with Gasteiger partial charge < -0.3 is 19.5 Å². The number of benzene rings is 1. The first-order chi connectivity index (χ1) is 13.2. The van der Waals surface area contributed by atoms with Crippen molar-refractivity contribution in [2.24, 2.45) is 0 Å². The van der Waals surface area contributed by atoms with Crippen LogP contribution in [0, 0.1) is 13.8 Å². The summed E-state index contributed by atoms with van der Waals surface area (Å²) in [6.07, 6.45) is -2.75. The number of anilines is 2. The molecule has 152 valence electrons. The van der Waals surface area contributed by atoms with Crippen molar-refractivity contribution < 1.29 is 22.7 Å². The van der Waals surface area contributed by atoms with Gasteiger partial charge in [-0.3, -0.25) is 4.79 Å². The summed E-state index contributed by atoms with van der Waals surface area (Å²) >= 11 is 0. The molecule has 0 saturated carbocycles. The summed E-state index contributed by atoms with van der Waals surface area (Å²) in [7, 11) is 0. The van der Waals surface area contributed by atoms with Crippen LogP contribution >= 0.6 is 0 Å². The van der Waals surface area contributed by atoms with E-state index in [2.05, 4.69) is 10.3 Å². The average molecular weight is 396 g/mol. The molecule has 1 aliphatic rings. The highest BCUT2D eigenvalue weighted by atomic mass is 19.4. The molecule has 1 amide bonds. The molecule has 0 bridgehead atoms. The molecule has 0 aliphatic carbocycles. The molecule has 1 aliphatic heterocycles. The molecule has 1 atom stereocenters. The van der Waals surface area contributed by atoms with E-state index in [1.165, 1.54) is 6.07 Å². The molecule has 1 saturated heterocycles. The minimum absolute atomic E-state index is 0.142. The lowest BCUT2D eigenvalue weighted by atomic mass is 10.1. The maximum atomic E-state index is 13.2. The van der Waals surface area contributed by atoms with E-state index in [0.29, 0.717) is 37.8 Å². The van der Waals surface area contributed by atoms with E-state index in [1.807, 2.05) is 11.8 Å². The van der Waals surface area contributed by atoms with Crippen molar-refractivity contribution in [2.75, 3.05) is 36.5 Å². The number of carbonyl (C=O) groups is 1. The smallest absolute Gasteiger partial charge is 0.378 e. The van der Waals surface area contributed by atoms with Gasteiger partial charge in [0.2, 0.25) is 5.91 Å². The fourth-order valence-electron chi connectivity index (χ4n) is 3.28. The zero-order valence-electron chi connectivity index (χ0n) is 16.0. The molecule has 2 aromatic rings. The minimum atomic E-state index is -4.49. The number of morpholine rings is 1. The highest BCUT2D eigenvalue weighted by Crippen LogP contribution is 2.36. The number of nitrogens with one attached hydrogen (secondary N) is 1. The van der Waals surface area contributed by atoms with Crippen LogP contribution in [0.1, 0.15) is 30.0 Å². The molecule has 1 aromatic heterocycles. The number of carbonyl (C=O) groups excluding carboxylic acids is 1. The predicted molar refractivity (Wildman–Crippen MR) is 99.5 cm³/mol. The predicted octanol–water partition coefficient (Wildman–Crippen LogP) is 3.56. The SMILES string of the molecule is Cc1cn([C@@H](C)C(=O)Nc2cc(C(F)(F)F)ccc2N2CCOCC2)c(C)n1. The minimum Gasteiger partial charge on any atom is -0.378 e. The number of rotatable bonds is 4. The molecule has 2 heterocycles. The van der Waals surface area contributed by atoms with Crippen LogP contribution in [0.2, 0.25) is 0 Å². The lowest BCUT2D eigenvalue weighted by Crippen LogP contribution is -2.37. The van der Waals surface area contributed by atoms with Crippen molar-refractivity contribution in [1.29, 1.82) is 0 Å². The zero-order chi connectivity index (χ0) is 20.5. The monoisotopic (exact) mass is 396 g/mol. The van der Waals surface area contributed by atoms with Crippen LogP contribution < -0.4 is 10.2 Å². The number of aromatic nitrogens is 2. The normalized spacial score (nSPS) is 16.1. The van der Waals surface area contributed by atoms with Gasteiger partial charge in [-0.25, -0.2) is 4.98 Å². The van der Waals surface area contributed by atoms with E-state index in [9.17, 15) is 18.0 Å². The second-order valence-electron chi connectivity index (χ2n) is 6.83. The summed E-state index contributed by atoms with van der Waals surface area (Å²) < 4.78 is 46.6. The van der Waals surface area contributed by atoms with Crippen molar-refractivity contribution in [3.63, 3.8) is 0 Å². The molecule has 1 aromatic carbocycles. The Bertz CT molecular complexity index is 857. The Morgan fingerprint density at radius 3 is 2.50 bits per heavy atom. The second kappa shape index (κ2) is 7.83. The van der Waals surface area contributed by atoms with Gasteiger partial charge in [0, 0.05) is 19.3 Å². The van der Waals surface area contributed by atoms with Crippen molar-refractivity contribution in [2.45, 2.75) is 33.0 Å². The van der Waals surface area contributed by atoms with E-state index in [4.69, 9.17) is 4.74 Å². The van der Waals surface area contributed by atoms with Crippen molar-refractivity contribution in [1.82, 2.24) is 9.55 Å². The van der Waals surface area contributed by atoms with Crippen molar-refractivity contribution in [3.8, 4) is 0 Å². The van der Waals surface area contributed by atoms with Gasteiger partial charge in [-0.05, 0) is 39.0 Å². The van der Waals surface area contributed by atoms with E-state index < -0.39 is 23.7 Å². The van der Waals surface area contributed by atoms with E-state index in [-0.39, 0.29) is 5.69 Å². The Balaban J connectivity index is 1.91. The number of imidazole rings is 1. The van der Waals surface area contributed by atoms with Crippen LogP contribution in [-0.4, -0.2) is 41.8 Å². The molecule has 0 unspecified atom stereocenters. The topological polar surface area (TPSA) is 59.4 Å². The van der Waals surface area contributed by atoms with Gasteiger partial charge in [0.05, 0.1) is 35.8 Å². The number of alkyl halides is 3. The maximum Gasteiger partial charge on any atom is 0.416 e. The Hall–Kier alpha value is -2.55. The number of amides is 1. The van der Waals surface area contributed by atoms with Gasteiger partial charge >= 0.3 is 6.18 Å². The quantitative estimate of drug-likeness (QED) is 0.859. The summed E-state index contributed by atoms with van der Waals surface area (Å²) in [5.74, 6) is 0.256. The number of nitrogens with zero attached hydrogens (tertiary/aromatic N) is 3. The first-order valence-corrected chi connectivity index (χ1v) is 9.03. The van der Waals surface area contributed by atoms with Crippen LogP contribution in [0.3, 0.4) is 0 Å². The van der Waals surface area contributed by atoms with Crippen LogP contribution in [0.25, 0.3) is 0 Å². The summed E-state index contributed by atoms with van der Waals surface area (Å²) in [5.41, 5.74) is 0.658. The maximum absolute atomic E-state index is 13.2. The number of halogens is 3. The third kappa shape index (κ3) is 4.30. The lowest BCUT2D eigenvalue weighted by Gasteiger charge is -2.31. The lowest BCUT2D eigenvalue weighted by molar-refractivity contribution is -0.137. The number of ether oxygens (including phenoxy) is 1. The Labute approximate surface area is 161 Å². The second-order valence-corrected chi connectivity index (χ2v) is 6.83. The van der Waals surface area contributed by atoms with Crippen LogP contribution in [0.4, 0.5) is 24.5 Å². The molecule has 9 heteroatoms. The fraction of sp³-hybridized carbons (Fsp3) is 0.474. The van der Waals surface area contributed by atoms with E-state index >= 15 is 0 Å². The third-order valence-corrected chi connectivity index (χ3v) is 4.77. The highest BCUT2D eigenvalue weighted by molar-refractivity contribution is 5.96. The summed E-state index contributed by atoms with van der Waals surface area (Å²) in [6.45, 7) is 7.34. The largest absolute Gasteiger partial charge is 0.416 e. The first kappa shape index (κ1) is 20.2. The molecule has 0 spiro atoms. The fourth-order valence-corrected chi connectivity index (χ4v) is 3.28. The van der Waals surface area contributed by atoms with Gasteiger partial charge in [0.15, 0.2) is 0 Å². The molecule has 0 radical (unpaired) electrons. The van der Waals surface area contributed by atoms with E-state index in [1.54, 1.807) is 24.6 Å². The van der Waals surface area contributed by atoms with Crippen LogP contribution in [0.5, 0.6) is 0 Å². The molecule has 6 nitrogen and oxygen atoms in total.